The van der Waals surface area contributed by atoms with Gasteiger partial charge < -0.3 is 46.6 Å². The van der Waals surface area contributed by atoms with Gasteiger partial charge in [-0.15, -0.1) is 0 Å². The number of nitro benzene ring substituents is 1. The molecular weight excluding hydrogens is 1010 g/mol. The maximum Gasteiger partial charge on any atom is 0.335 e. The second kappa shape index (κ2) is 24.6. The third-order valence-corrected chi connectivity index (χ3v) is 20.6. The molecule has 1 saturated heterocycles. The standard InChI is InChI=1S/C55H70N5O14PSi/c1-36(2)59(37(3)4)75(71-30-16-28-56)73-50-48(33-70-55(39-17-14-13-15-18-39,40-19-23-42(65-9)24-20-40)41-21-25-43(66-10)26-22-41)72-52(51(50)74-76(11,12)54(6,7)8)57-29-27-49(61)58(53(57)62)34-67-38(5)44-31-46-47(69-35-68-46)32-45(44)60(63)64/h13-15,17-27,29,31-32,36-38,48,50-52H,16,30,33-35H2,1-12H3/t38?,48-,50-,51-,52-,75?/m1/s1. The molecule has 1 fully saturated rings. The molecule has 0 N–H and O–H groups in total. The Bertz CT molecular complexity index is 2870. The van der Waals surface area contributed by atoms with Gasteiger partial charge in [0.25, 0.3) is 19.8 Å². The van der Waals surface area contributed by atoms with Gasteiger partial charge in [-0.2, -0.15) is 5.26 Å². The molecule has 2 unspecified atom stereocenters. The van der Waals surface area contributed by atoms with Crippen LogP contribution in [0.1, 0.15) is 96.4 Å². The Labute approximate surface area is 446 Å². The summed E-state index contributed by atoms with van der Waals surface area (Å²) in [6, 6.07) is 31.1. The van der Waals surface area contributed by atoms with Crippen LogP contribution in [0.25, 0.3) is 0 Å². The Kier molecular flexibility index (Phi) is 18.7. The van der Waals surface area contributed by atoms with E-state index in [-0.39, 0.29) is 60.5 Å². The molecular formula is C55H70N5O14PSi. The first-order chi connectivity index (χ1) is 36.1. The zero-order valence-corrected chi connectivity index (χ0v) is 47.2. The number of nitrogens with zero attached hydrogens (tertiary/aromatic N) is 5. The van der Waals surface area contributed by atoms with Crippen LogP contribution in [-0.2, 0) is 40.0 Å². The van der Waals surface area contributed by atoms with Crippen LogP contribution in [0, 0.1) is 21.4 Å². The van der Waals surface area contributed by atoms with Crippen molar-refractivity contribution >= 4 is 22.5 Å². The van der Waals surface area contributed by atoms with Gasteiger partial charge in [-0.25, -0.2) is 14.0 Å². The molecule has 0 saturated carbocycles. The van der Waals surface area contributed by atoms with E-state index in [0.717, 1.165) is 21.3 Å². The first-order valence-electron chi connectivity index (χ1n) is 25.2. The molecule has 4 aromatic carbocycles. The highest BCUT2D eigenvalue weighted by Crippen LogP contribution is 2.53. The van der Waals surface area contributed by atoms with Crippen LogP contribution in [0.15, 0.2) is 113 Å². The summed E-state index contributed by atoms with van der Waals surface area (Å²) in [6.45, 7) is 19.5. The van der Waals surface area contributed by atoms with Crippen molar-refractivity contribution in [1.82, 2.24) is 13.8 Å². The molecule has 21 heteroatoms. The Morgan fingerprint density at radius 3 is 1.97 bits per heavy atom. The van der Waals surface area contributed by atoms with Gasteiger partial charge in [0.05, 0.1) is 62.6 Å². The summed E-state index contributed by atoms with van der Waals surface area (Å²) >= 11 is 0. The van der Waals surface area contributed by atoms with Gasteiger partial charge in [0.15, 0.2) is 26.0 Å². The molecule has 0 bridgehead atoms. The number of nitriles is 1. The quantitative estimate of drug-likeness (QED) is 0.0141. The molecule has 0 radical (unpaired) electrons. The van der Waals surface area contributed by atoms with E-state index in [4.69, 9.17) is 46.6 Å². The van der Waals surface area contributed by atoms with Crippen molar-refractivity contribution in [2.24, 2.45) is 0 Å². The van der Waals surface area contributed by atoms with Crippen LogP contribution >= 0.6 is 8.53 Å². The minimum atomic E-state index is -2.83. The Morgan fingerprint density at radius 2 is 1.43 bits per heavy atom. The minimum Gasteiger partial charge on any atom is -0.497 e. The lowest BCUT2D eigenvalue weighted by Crippen LogP contribution is -2.51. The zero-order valence-electron chi connectivity index (χ0n) is 45.3. The van der Waals surface area contributed by atoms with Crippen LogP contribution in [0.2, 0.25) is 18.1 Å². The van der Waals surface area contributed by atoms with Gasteiger partial charge in [-0.3, -0.25) is 19.5 Å². The third-order valence-electron chi connectivity index (χ3n) is 14.0. The molecule has 3 heterocycles. The lowest BCUT2D eigenvalue weighted by atomic mass is 9.80. The maximum absolute atomic E-state index is 15.1. The van der Waals surface area contributed by atoms with Gasteiger partial charge in [0.1, 0.15) is 42.1 Å². The Balaban J connectivity index is 1.38. The molecule has 19 nitrogen and oxygen atoms in total. The monoisotopic (exact) mass is 1080 g/mol. The molecule has 7 rings (SSSR count). The highest BCUT2D eigenvalue weighted by atomic mass is 31.2. The molecule has 76 heavy (non-hydrogen) atoms. The van der Waals surface area contributed by atoms with E-state index < -0.39 is 76.0 Å². The van der Waals surface area contributed by atoms with Crippen LogP contribution in [-0.4, -0.2) is 91.7 Å². The van der Waals surface area contributed by atoms with Gasteiger partial charge in [-0.05, 0) is 99.8 Å². The van der Waals surface area contributed by atoms with E-state index in [1.54, 1.807) is 21.1 Å². The van der Waals surface area contributed by atoms with Gasteiger partial charge >= 0.3 is 5.69 Å². The molecule has 2 aliphatic rings. The first-order valence-corrected chi connectivity index (χ1v) is 29.3. The van der Waals surface area contributed by atoms with Crippen molar-refractivity contribution in [2.75, 3.05) is 34.2 Å². The normalized spacial score (nSPS) is 18.5. The molecule has 0 aliphatic carbocycles. The summed E-state index contributed by atoms with van der Waals surface area (Å²) in [5.74, 6) is 1.81. The number of nitro groups is 1. The Hall–Kier alpha value is -5.98. The highest BCUT2D eigenvalue weighted by molar-refractivity contribution is 7.44. The number of ether oxygens (including phenoxy) is 7. The summed E-state index contributed by atoms with van der Waals surface area (Å²) < 4.78 is 68.5. The van der Waals surface area contributed by atoms with E-state index in [1.165, 1.54) is 29.0 Å². The average molecular weight is 1080 g/mol. The number of hydrogen-bond acceptors (Lipinski definition) is 16. The maximum atomic E-state index is 15.1. The molecule has 2 aliphatic heterocycles. The SMILES string of the molecule is COc1ccc(C(OC[C@H]2O[C@@H](n3ccc(=O)n(COC(C)c4cc5c(cc4[N+](=O)[O-])OCO5)c3=O)[C@H](O[Si](C)(C)C(C)(C)C)[C@@H]2OP(OCCC#N)N(C(C)C)C(C)C)(c2ccccc2)c2ccc(OC)cc2)cc1. The van der Waals surface area contributed by atoms with Crippen molar-refractivity contribution < 1.29 is 51.6 Å². The van der Waals surface area contributed by atoms with Crippen molar-refractivity contribution in [3.63, 3.8) is 0 Å². The van der Waals surface area contributed by atoms with Crippen molar-refractivity contribution in [2.45, 2.75) is 135 Å². The number of fused-ring (bicyclic) bond motifs is 1. The fourth-order valence-corrected chi connectivity index (χ4v) is 12.1. The summed E-state index contributed by atoms with van der Waals surface area (Å²) in [4.78, 5) is 40.5. The van der Waals surface area contributed by atoms with Crippen molar-refractivity contribution in [1.29, 1.82) is 5.26 Å². The molecule has 6 atom stereocenters. The predicted octanol–water partition coefficient (Wildman–Crippen LogP) is 10.4. The van der Waals surface area contributed by atoms with E-state index >= 15 is 4.79 Å². The number of aromatic nitrogens is 2. The van der Waals surface area contributed by atoms with Gasteiger partial charge in [0, 0.05) is 24.3 Å². The lowest BCUT2D eigenvalue weighted by molar-refractivity contribution is -0.386. The summed E-state index contributed by atoms with van der Waals surface area (Å²) in [5, 5.41) is 21.5. The third kappa shape index (κ3) is 12.4. The summed E-state index contributed by atoms with van der Waals surface area (Å²) in [7, 11) is -1.58. The van der Waals surface area contributed by atoms with Crippen LogP contribution in [0.3, 0.4) is 0 Å². The Morgan fingerprint density at radius 1 is 0.855 bits per heavy atom. The fourth-order valence-electron chi connectivity index (χ4n) is 9.07. The number of methoxy groups -OCH3 is 2. The number of hydrogen-bond donors (Lipinski definition) is 0. The second-order valence-corrected chi connectivity index (χ2v) is 26.7. The average Bonchev–Trinajstić information content (AvgIpc) is 4.02. The van der Waals surface area contributed by atoms with E-state index in [1.807, 2.05) is 107 Å². The smallest absolute Gasteiger partial charge is 0.335 e. The van der Waals surface area contributed by atoms with Crippen LogP contribution in [0.4, 0.5) is 5.69 Å². The van der Waals surface area contributed by atoms with Gasteiger partial charge in [0.2, 0.25) is 6.79 Å². The van der Waals surface area contributed by atoms with Crippen LogP contribution in [0.5, 0.6) is 23.0 Å². The molecule has 408 valence electrons. The summed E-state index contributed by atoms with van der Waals surface area (Å²) in [6.07, 6.45) is -3.80. The van der Waals surface area contributed by atoms with Crippen molar-refractivity contribution in [3.05, 3.63) is 156 Å². The van der Waals surface area contributed by atoms with E-state index in [0.29, 0.717) is 17.2 Å². The number of benzene rings is 4. The predicted molar refractivity (Wildman–Crippen MR) is 288 cm³/mol. The molecule has 5 aromatic rings. The lowest BCUT2D eigenvalue weighted by Gasteiger charge is -2.42. The second-order valence-electron chi connectivity index (χ2n) is 20.6. The van der Waals surface area contributed by atoms with E-state index in [2.05, 4.69) is 44.6 Å². The molecule has 1 aromatic heterocycles. The highest BCUT2D eigenvalue weighted by Gasteiger charge is 2.54. The summed E-state index contributed by atoms with van der Waals surface area (Å²) in [5.41, 5.74) is -0.590. The molecule has 0 amide bonds. The van der Waals surface area contributed by atoms with Crippen LogP contribution < -0.4 is 30.2 Å². The van der Waals surface area contributed by atoms with Gasteiger partial charge in [-0.1, -0.05) is 75.4 Å². The first kappa shape index (κ1) is 57.7. The van der Waals surface area contributed by atoms with Crippen molar-refractivity contribution in [3.8, 4) is 29.1 Å². The fraction of sp³-hybridized carbons (Fsp3) is 0.473. The topological polar surface area (TPSA) is 206 Å². The largest absolute Gasteiger partial charge is 0.497 e. The molecule has 0 spiro atoms. The zero-order chi connectivity index (χ0) is 55.1. The minimum absolute atomic E-state index is 0.0778. The van der Waals surface area contributed by atoms with E-state index in [9.17, 15) is 20.2 Å². The number of rotatable bonds is 24.